The molecule has 0 bridgehead atoms. The number of esters is 3. The highest BCUT2D eigenvalue weighted by Gasteiger charge is 2.19. The Morgan fingerprint density at radius 2 is 0.547 bits per heavy atom. The van der Waals surface area contributed by atoms with Crippen LogP contribution in [0.2, 0.25) is 0 Å². The first-order valence-corrected chi connectivity index (χ1v) is 31.4. The zero-order valence-corrected chi connectivity index (χ0v) is 49.0. The topological polar surface area (TPSA) is 78.9 Å². The maximum atomic E-state index is 12.9. The molecule has 0 saturated carbocycles. The maximum Gasteiger partial charge on any atom is 0.306 e. The molecule has 0 aromatic heterocycles. The highest BCUT2D eigenvalue weighted by Crippen LogP contribution is 2.15. The van der Waals surface area contributed by atoms with Crippen molar-refractivity contribution < 1.29 is 28.6 Å². The summed E-state index contributed by atoms with van der Waals surface area (Å²) in [6, 6.07) is 0. The third-order valence-corrected chi connectivity index (χ3v) is 13.2. The predicted octanol–water partition coefficient (Wildman–Crippen LogP) is 21.4. The number of carbonyl (C=O) groups is 3. The smallest absolute Gasteiger partial charge is 0.306 e. The van der Waals surface area contributed by atoms with Crippen LogP contribution in [0.25, 0.3) is 0 Å². The molecule has 0 unspecified atom stereocenters. The van der Waals surface area contributed by atoms with Gasteiger partial charge in [-0.05, 0) is 116 Å². The van der Waals surface area contributed by atoms with Crippen LogP contribution in [0.3, 0.4) is 0 Å². The van der Waals surface area contributed by atoms with E-state index in [4.69, 9.17) is 14.2 Å². The van der Waals surface area contributed by atoms with Crippen LogP contribution in [-0.4, -0.2) is 37.2 Å². The lowest BCUT2D eigenvalue weighted by molar-refractivity contribution is -0.166. The summed E-state index contributed by atoms with van der Waals surface area (Å²) < 4.78 is 16.9. The third-order valence-electron chi connectivity index (χ3n) is 13.2. The summed E-state index contributed by atoms with van der Waals surface area (Å²) >= 11 is 0. The second kappa shape index (κ2) is 62.6. The Bertz CT molecular complexity index is 1520. The van der Waals surface area contributed by atoms with Gasteiger partial charge in [0.1, 0.15) is 13.2 Å². The number of ether oxygens (including phenoxy) is 3. The summed E-state index contributed by atoms with van der Waals surface area (Å²) in [5.41, 5.74) is 0. The number of unbranched alkanes of at least 4 members (excludes halogenated alkanes) is 27. The van der Waals surface area contributed by atoms with Gasteiger partial charge in [0, 0.05) is 19.3 Å². The first kappa shape index (κ1) is 71.1. The Hall–Kier alpha value is -3.93. The second-order valence-corrected chi connectivity index (χ2v) is 20.6. The summed E-state index contributed by atoms with van der Waals surface area (Å²) in [6.07, 6.45) is 85.2. The molecule has 0 aromatic rings. The monoisotopic (exact) mass is 1040 g/mol. The van der Waals surface area contributed by atoms with Gasteiger partial charge in [-0.15, -0.1) is 0 Å². The lowest BCUT2D eigenvalue weighted by Gasteiger charge is -2.18. The minimum Gasteiger partial charge on any atom is -0.462 e. The largest absolute Gasteiger partial charge is 0.462 e. The van der Waals surface area contributed by atoms with Crippen molar-refractivity contribution in [3.05, 3.63) is 109 Å². The average molecular weight is 1040 g/mol. The summed E-state index contributed by atoms with van der Waals surface area (Å²) in [6.45, 7) is 6.45. The van der Waals surface area contributed by atoms with Crippen molar-refractivity contribution in [1.82, 2.24) is 0 Å². The summed E-state index contributed by atoms with van der Waals surface area (Å²) in [4.78, 5) is 38.3. The van der Waals surface area contributed by atoms with Crippen molar-refractivity contribution in [2.45, 2.75) is 297 Å². The third kappa shape index (κ3) is 60.8. The van der Waals surface area contributed by atoms with Crippen molar-refractivity contribution in [3.8, 4) is 0 Å². The van der Waals surface area contributed by atoms with Gasteiger partial charge in [-0.2, -0.15) is 0 Å². The van der Waals surface area contributed by atoms with E-state index in [1.807, 2.05) is 6.08 Å². The number of rotatable bonds is 56. The van der Waals surface area contributed by atoms with Gasteiger partial charge in [0.2, 0.25) is 0 Å². The van der Waals surface area contributed by atoms with Crippen LogP contribution in [0, 0.1) is 0 Å². The fraction of sp³-hybridized carbons (Fsp3) is 0.696. The van der Waals surface area contributed by atoms with Crippen molar-refractivity contribution in [3.63, 3.8) is 0 Å². The molecule has 75 heavy (non-hydrogen) atoms. The molecule has 6 heteroatoms. The van der Waals surface area contributed by atoms with E-state index in [1.54, 1.807) is 0 Å². The predicted molar refractivity (Wildman–Crippen MR) is 325 cm³/mol. The van der Waals surface area contributed by atoms with Crippen LogP contribution >= 0.6 is 0 Å². The molecule has 0 spiro atoms. The molecule has 0 saturated heterocycles. The summed E-state index contributed by atoms with van der Waals surface area (Å²) in [5.74, 6) is -0.992. The molecule has 0 aliphatic heterocycles. The normalized spacial score (nSPS) is 12.8. The Balaban J connectivity index is 4.49. The van der Waals surface area contributed by atoms with Crippen LogP contribution < -0.4 is 0 Å². The van der Waals surface area contributed by atoms with Gasteiger partial charge >= 0.3 is 17.9 Å². The van der Waals surface area contributed by atoms with E-state index >= 15 is 0 Å². The molecule has 0 radical (unpaired) electrons. The minimum absolute atomic E-state index is 0.105. The van der Waals surface area contributed by atoms with Gasteiger partial charge in [-0.1, -0.05) is 265 Å². The second-order valence-electron chi connectivity index (χ2n) is 20.6. The first-order chi connectivity index (χ1) is 37.0. The average Bonchev–Trinajstić information content (AvgIpc) is 3.41. The molecule has 0 aliphatic rings. The van der Waals surface area contributed by atoms with Gasteiger partial charge in [0.25, 0.3) is 0 Å². The van der Waals surface area contributed by atoms with E-state index in [0.29, 0.717) is 19.3 Å². The van der Waals surface area contributed by atoms with E-state index < -0.39 is 6.10 Å². The maximum absolute atomic E-state index is 12.9. The zero-order chi connectivity index (χ0) is 54.3. The zero-order valence-electron chi connectivity index (χ0n) is 49.0. The van der Waals surface area contributed by atoms with Crippen LogP contribution in [-0.2, 0) is 28.6 Å². The lowest BCUT2D eigenvalue weighted by atomic mass is 10.1. The lowest BCUT2D eigenvalue weighted by Crippen LogP contribution is -2.30. The molecule has 6 nitrogen and oxygen atoms in total. The number of hydrogen-bond acceptors (Lipinski definition) is 6. The first-order valence-electron chi connectivity index (χ1n) is 31.4. The molecule has 0 fully saturated rings. The van der Waals surface area contributed by atoms with Crippen molar-refractivity contribution >= 4 is 17.9 Å². The molecule has 0 aliphatic carbocycles. The van der Waals surface area contributed by atoms with E-state index in [1.165, 1.54) is 161 Å². The van der Waals surface area contributed by atoms with Crippen LogP contribution in [0.5, 0.6) is 0 Å². The highest BCUT2D eigenvalue weighted by atomic mass is 16.6. The molecular formula is C69H116O6. The Morgan fingerprint density at radius 1 is 0.280 bits per heavy atom. The Kier molecular flexibility index (Phi) is 59.3. The van der Waals surface area contributed by atoms with Gasteiger partial charge in [-0.25, -0.2) is 0 Å². The van der Waals surface area contributed by atoms with Crippen molar-refractivity contribution in [1.29, 1.82) is 0 Å². The quantitative estimate of drug-likeness (QED) is 0.0261. The molecule has 0 rings (SSSR count). The fourth-order valence-electron chi connectivity index (χ4n) is 8.55. The molecule has 1 atom stereocenters. The van der Waals surface area contributed by atoms with Crippen molar-refractivity contribution in [2.24, 2.45) is 0 Å². The van der Waals surface area contributed by atoms with Gasteiger partial charge in [0.15, 0.2) is 6.10 Å². The number of carbonyl (C=O) groups excluding carboxylic acids is 3. The molecule has 0 amide bonds. The highest BCUT2D eigenvalue weighted by molar-refractivity contribution is 5.71. The van der Waals surface area contributed by atoms with Gasteiger partial charge in [0.05, 0.1) is 0 Å². The van der Waals surface area contributed by atoms with E-state index in [2.05, 4.69) is 124 Å². The molecule has 0 aromatic carbocycles. The Labute approximate surface area is 463 Å². The number of hydrogen-bond donors (Lipinski definition) is 0. The van der Waals surface area contributed by atoms with Crippen LogP contribution in [0.1, 0.15) is 290 Å². The molecular weight excluding hydrogens is 925 g/mol. The standard InChI is InChI=1S/C69H116O6/c1-4-7-10-13-16-19-22-25-28-31-34-37-40-43-46-49-52-55-58-61-67(70)73-64-66(75-69(72)63-60-57-54-51-48-45-42-39-36-33-30-27-24-21-18-15-12-9-6-3)65-74-68(71)62-59-56-53-50-47-44-41-38-35-32-29-26-23-20-17-14-11-8-5-2/h7,10,16-17,19-20,25-30,34,37,43,46,52,55,66H,4-6,8-9,11-15,18,21-24,31-33,35-36,38-42,44-45,47-51,53-54,56-65H2,1-3H3/b10-7-,19-16-,20-17-,28-25-,29-26-,30-27-,37-34-,46-43-,55-52-/t66-/m1/s1. The van der Waals surface area contributed by atoms with Crippen LogP contribution in [0.4, 0.5) is 0 Å². The van der Waals surface area contributed by atoms with E-state index in [-0.39, 0.29) is 37.5 Å². The summed E-state index contributed by atoms with van der Waals surface area (Å²) in [7, 11) is 0. The van der Waals surface area contributed by atoms with Crippen LogP contribution in [0.15, 0.2) is 109 Å². The molecule has 0 N–H and O–H groups in total. The fourth-order valence-corrected chi connectivity index (χ4v) is 8.55. The number of allylic oxidation sites excluding steroid dienone is 18. The van der Waals surface area contributed by atoms with Crippen molar-refractivity contribution in [2.75, 3.05) is 13.2 Å². The molecule has 0 heterocycles. The SMILES string of the molecule is CC/C=C\C/C=C\C/C=C\C/C=C\C/C=C\C/C=C\CCC(=O)OC[C@H](COC(=O)CCCCCCCCCCC/C=C\C/C=C\CCCCC)OC(=O)CCCCCCCCCCC/C=C\CCCCCCCC. The summed E-state index contributed by atoms with van der Waals surface area (Å²) in [5, 5.41) is 0. The Morgan fingerprint density at radius 3 is 0.933 bits per heavy atom. The van der Waals surface area contributed by atoms with E-state index in [0.717, 1.165) is 83.5 Å². The van der Waals surface area contributed by atoms with E-state index in [9.17, 15) is 14.4 Å². The van der Waals surface area contributed by atoms with Gasteiger partial charge in [-0.3, -0.25) is 14.4 Å². The van der Waals surface area contributed by atoms with Gasteiger partial charge < -0.3 is 14.2 Å². The molecule has 428 valence electrons. The minimum atomic E-state index is -0.814.